The third-order valence-electron chi connectivity index (χ3n) is 5.39. The molecule has 2 aliphatic heterocycles. The number of cyclic esters (lactones) is 1. The maximum Gasteiger partial charge on any atom is 0.416 e. The smallest absolute Gasteiger partial charge is 0.416 e. The summed E-state index contributed by atoms with van der Waals surface area (Å²) in [4.78, 5) is 22.0. The van der Waals surface area contributed by atoms with E-state index in [1.165, 1.54) is 4.90 Å². The van der Waals surface area contributed by atoms with Crippen LogP contribution in [0.1, 0.15) is 47.5 Å². The zero-order valence-electron chi connectivity index (χ0n) is 17.9. The van der Waals surface area contributed by atoms with Gasteiger partial charge in [0.25, 0.3) is 0 Å². The van der Waals surface area contributed by atoms with Gasteiger partial charge in [-0.3, -0.25) is 0 Å². The molecule has 0 saturated carbocycles. The molecule has 3 atom stereocenters. The van der Waals surface area contributed by atoms with E-state index in [2.05, 4.69) is 27.5 Å². The van der Waals surface area contributed by atoms with Gasteiger partial charge in [0, 0.05) is 6.04 Å². The lowest BCUT2D eigenvalue weighted by Crippen LogP contribution is -2.45. The topological polar surface area (TPSA) is 88.6 Å². The number of ether oxygens (including phenoxy) is 2. The number of halogens is 1. The van der Waals surface area contributed by atoms with Crippen molar-refractivity contribution >= 4 is 17.9 Å². The zero-order chi connectivity index (χ0) is 21.2. The molecule has 1 aromatic rings. The van der Waals surface area contributed by atoms with Gasteiger partial charge in [0.05, 0.1) is 17.9 Å². The lowest BCUT2D eigenvalue weighted by Gasteiger charge is -2.32. The molecule has 2 N–H and O–H groups in total. The van der Waals surface area contributed by atoms with Crippen LogP contribution in [0.4, 0.5) is 21.0 Å². The van der Waals surface area contributed by atoms with Gasteiger partial charge in [-0.2, -0.15) is 4.98 Å². The first-order chi connectivity index (χ1) is 13.7. The molecule has 3 rings (SSSR count). The number of amides is 1. The summed E-state index contributed by atoms with van der Waals surface area (Å²) in [5.74, 6) is 0.0297. The molecule has 2 fully saturated rings. The molecule has 0 aliphatic carbocycles. The molecule has 162 valence electrons. The van der Waals surface area contributed by atoms with Gasteiger partial charge >= 0.3 is 6.09 Å². The van der Waals surface area contributed by atoms with Crippen LogP contribution < -0.4 is 15.5 Å². The number of rotatable bonds is 6. The van der Waals surface area contributed by atoms with Gasteiger partial charge in [-0.25, -0.2) is 19.1 Å². The minimum atomic E-state index is -0.670. The fourth-order valence-electron chi connectivity index (χ4n) is 3.92. The molecule has 1 unspecified atom stereocenters. The summed E-state index contributed by atoms with van der Waals surface area (Å²) in [6.07, 6.45) is 2.22. The standard InChI is InChI=1S/C20H32FN5O3/c1-12(14-6-8-22-9-7-14)24-18-23-10-15(21)17(25-18)26-16(11-28-19(26)27)13(2)29-20(3,4)5/h10,12-14,16,22H,6-9,11H2,1-5H3,(H,23,24,25)/t12-,13+,16?/m0/s1. The van der Waals surface area contributed by atoms with E-state index in [0.29, 0.717) is 11.9 Å². The SMILES string of the molecule is C[C@H](Nc1ncc(F)c(N2C(=O)OCC2[C@@H](C)OC(C)(C)C)n1)C1CCNCC1. The zero-order valence-corrected chi connectivity index (χ0v) is 17.9. The van der Waals surface area contributed by atoms with Crippen LogP contribution in [0.2, 0.25) is 0 Å². The van der Waals surface area contributed by atoms with Crippen molar-refractivity contribution in [2.75, 3.05) is 29.9 Å². The highest BCUT2D eigenvalue weighted by Crippen LogP contribution is 2.29. The number of hydrogen-bond donors (Lipinski definition) is 2. The Balaban J connectivity index is 1.79. The predicted octanol–water partition coefficient (Wildman–Crippen LogP) is 2.94. The van der Waals surface area contributed by atoms with Crippen molar-refractivity contribution in [3.63, 3.8) is 0 Å². The van der Waals surface area contributed by atoms with E-state index in [9.17, 15) is 9.18 Å². The number of carbonyl (C=O) groups excluding carboxylic acids is 1. The van der Waals surface area contributed by atoms with Gasteiger partial charge in [0.1, 0.15) is 12.6 Å². The van der Waals surface area contributed by atoms with E-state index in [4.69, 9.17) is 9.47 Å². The van der Waals surface area contributed by atoms with Crippen LogP contribution in [0, 0.1) is 11.7 Å². The van der Waals surface area contributed by atoms with Crippen LogP contribution in [0.3, 0.4) is 0 Å². The average molecular weight is 410 g/mol. The monoisotopic (exact) mass is 409 g/mol. The highest BCUT2D eigenvalue weighted by atomic mass is 19.1. The van der Waals surface area contributed by atoms with Crippen molar-refractivity contribution in [3.8, 4) is 0 Å². The van der Waals surface area contributed by atoms with E-state index >= 15 is 0 Å². The molecule has 2 aliphatic rings. The molecule has 0 radical (unpaired) electrons. The lowest BCUT2D eigenvalue weighted by molar-refractivity contribution is -0.0618. The quantitative estimate of drug-likeness (QED) is 0.747. The van der Waals surface area contributed by atoms with Gasteiger partial charge in [-0.15, -0.1) is 0 Å². The summed E-state index contributed by atoms with van der Waals surface area (Å²) in [5, 5.41) is 6.62. The molecule has 0 aromatic carbocycles. The van der Waals surface area contributed by atoms with Crippen molar-refractivity contribution in [1.29, 1.82) is 0 Å². The third-order valence-corrected chi connectivity index (χ3v) is 5.39. The second kappa shape index (κ2) is 8.79. The van der Waals surface area contributed by atoms with Crippen molar-refractivity contribution in [2.24, 2.45) is 5.92 Å². The largest absolute Gasteiger partial charge is 0.447 e. The highest BCUT2D eigenvalue weighted by molar-refractivity contribution is 5.89. The first kappa shape index (κ1) is 21.7. The minimum Gasteiger partial charge on any atom is -0.447 e. The number of piperidine rings is 1. The Morgan fingerprint density at radius 1 is 1.34 bits per heavy atom. The molecule has 0 bridgehead atoms. The average Bonchev–Trinajstić information content (AvgIpc) is 3.04. The van der Waals surface area contributed by atoms with Crippen molar-refractivity contribution in [1.82, 2.24) is 15.3 Å². The van der Waals surface area contributed by atoms with E-state index in [1.54, 1.807) is 0 Å². The Labute approximate surface area is 171 Å². The number of carbonyl (C=O) groups is 1. The number of nitrogens with one attached hydrogen (secondary N) is 2. The molecule has 9 heteroatoms. The van der Waals surface area contributed by atoms with E-state index in [1.807, 2.05) is 27.7 Å². The highest BCUT2D eigenvalue weighted by Gasteiger charge is 2.42. The molecule has 29 heavy (non-hydrogen) atoms. The van der Waals surface area contributed by atoms with E-state index in [0.717, 1.165) is 32.1 Å². The second-order valence-corrected chi connectivity index (χ2v) is 8.84. The maximum absolute atomic E-state index is 14.6. The lowest BCUT2D eigenvalue weighted by atomic mass is 9.91. The van der Waals surface area contributed by atoms with Gasteiger partial charge in [-0.1, -0.05) is 0 Å². The summed E-state index contributed by atoms with van der Waals surface area (Å²) in [6.45, 7) is 11.8. The number of anilines is 2. The van der Waals surface area contributed by atoms with Crippen molar-refractivity contribution in [2.45, 2.75) is 71.2 Å². The second-order valence-electron chi connectivity index (χ2n) is 8.84. The van der Waals surface area contributed by atoms with Gasteiger partial charge < -0.3 is 20.1 Å². The molecule has 0 spiro atoms. The Morgan fingerprint density at radius 3 is 2.69 bits per heavy atom. The van der Waals surface area contributed by atoms with Gasteiger partial charge in [0.15, 0.2) is 11.6 Å². The van der Waals surface area contributed by atoms with Crippen molar-refractivity contribution in [3.05, 3.63) is 12.0 Å². The van der Waals surface area contributed by atoms with Crippen LogP contribution in [0.25, 0.3) is 0 Å². The first-order valence-electron chi connectivity index (χ1n) is 10.3. The van der Waals surface area contributed by atoms with Crippen LogP contribution >= 0.6 is 0 Å². The van der Waals surface area contributed by atoms with E-state index in [-0.39, 0.29) is 24.6 Å². The minimum absolute atomic E-state index is 0.0862. The fraction of sp³-hybridized carbons (Fsp3) is 0.750. The summed E-state index contributed by atoms with van der Waals surface area (Å²) in [6, 6.07) is -0.333. The number of nitrogens with zero attached hydrogens (tertiary/aromatic N) is 3. The third kappa shape index (κ3) is 5.33. The summed E-state index contributed by atoms with van der Waals surface area (Å²) < 4.78 is 25.8. The molecular weight excluding hydrogens is 377 g/mol. The molecule has 1 aromatic heterocycles. The number of aromatic nitrogens is 2. The molecule has 2 saturated heterocycles. The van der Waals surface area contributed by atoms with Crippen LogP contribution in [-0.4, -0.2) is 59.5 Å². The maximum atomic E-state index is 14.6. The Hall–Kier alpha value is -2.00. The molecule has 1 amide bonds. The Kier molecular flexibility index (Phi) is 6.58. The van der Waals surface area contributed by atoms with Gasteiger partial charge in [-0.05, 0) is 66.5 Å². The Morgan fingerprint density at radius 2 is 2.03 bits per heavy atom. The summed E-state index contributed by atoms with van der Waals surface area (Å²) >= 11 is 0. The first-order valence-corrected chi connectivity index (χ1v) is 10.3. The fourth-order valence-corrected chi connectivity index (χ4v) is 3.92. The summed E-state index contributed by atoms with van der Waals surface area (Å²) in [7, 11) is 0. The molecule has 3 heterocycles. The van der Waals surface area contributed by atoms with Crippen LogP contribution in [0.5, 0.6) is 0 Å². The van der Waals surface area contributed by atoms with Crippen molar-refractivity contribution < 1.29 is 18.7 Å². The predicted molar refractivity (Wildman–Crippen MR) is 109 cm³/mol. The number of hydrogen-bond acceptors (Lipinski definition) is 7. The normalized spacial score (nSPS) is 23.0. The van der Waals surface area contributed by atoms with E-state index < -0.39 is 23.6 Å². The van der Waals surface area contributed by atoms with Crippen LogP contribution in [0.15, 0.2) is 6.20 Å². The summed E-state index contributed by atoms with van der Waals surface area (Å²) in [5.41, 5.74) is -0.405. The molecular formula is C20H32FN5O3. The Bertz CT molecular complexity index is 721. The van der Waals surface area contributed by atoms with Crippen LogP contribution in [-0.2, 0) is 9.47 Å². The van der Waals surface area contributed by atoms with Gasteiger partial charge in [0.2, 0.25) is 5.95 Å². The molecule has 8 nitrogen and oxygen atoms in total.